The van der Waals surface area contributed by atoms with E-state index in [-0.39, 0.29) is 11.4 Å². The van der Waals surface area contributed by atoms with Crippen LogP contribution >= 0.6 is 0 Å². The Hall–Kier alpha value is -1.47. The van der Waals surface area contributed by atoms with Gasteiger partial charge in [0.15, 0.2) is 0 Å². The van der Waals surface area contributed by atoms with Crippen molar-refractivity contribution in [1.82, 2.24) is 4.31 Å². The topological polar surface area (TPSA) is 70.0 Å². The summed E-state index contributed by atoms with van der Waals surface area (Å²) in [7, 11) is -2.23. The van der Waals surface area contributed by atoms with E-state index in [1.807, 2.05) is 0 Å². The van der Waals surface area contributed by atoms with E-state index in [0.29, 0.717) is 0 Å². The highest BCUT2D eigenvalue weighted by molar-refractivity contribution is 7.89. The smallest absolute Gasteiger partial charge is 0.238 e. The zero-order valence-corrected chi connectivity index (χ0v) is 11.5. The number of rotatable bonds is 2. The van der Waals surface area contributed by atoms with Crippen LogP contribution in [-0.4, -0.2) is 43.1 Å². The number of halogens is 1. The van der Waals surface area contributed by atoms with Crippen molar-refractivity contribution in [2.24, 2.45) is 4.99 Å². The average molecular weight is 286 g/mol. The largest absolute Gasteiger partial charge is 0.393 e. The third kappa shape index (κ3) is 2.23. The molecule has 0 fully saturated rings. The number of benzene rings is 1. The molecule has 1 unspecified atom stereocenters. The molecule has 0 bridgehead atoms. The van der Waals surface area contributed by atoms with Gasteiger partial charge in [0.25, 0.3) is 0 Å². The first-order valence-corrected chi connectivity index (χ1v) is 7.32. The van der Waals surface area contributed by atoms with Crippen LogP contribution in [0.4, 0.5) is 4.39 Å². The molecule has 7 heteroatoms. The zero-order valence-electron chi connectivity index (χ0n) is 10.7. The van der Waals surface area contributed by atoms with Crippen LogP contribution in [0.5, 0.6) is 0 Å². The fraction of sp³-hybridized carbons (Fsp3) is 0.417. The molecule has 2 rings (SSSR count). The predicted molar refractivity (Wildman–Crippen MR) is 69.8 cm³/mol. The highest BCUT2D eigenvalue weighted by atomic mass is 32.2. The Morgan fingerprint density at radius 1 is 1.47 bits per heavy atom. The Balaban J connectivity index is 2.66. The first-order chi connectivity index (χ1) is 8.82. The molecule has 0 saturated heterocycles. The fourth-order valence-corrected chi connectivity index (χ4v) is 3.71. The van der Waals surface area contributed by atoms with Crippen molar-refractivity contribution in [2.45, 2.75) is 12.5 Å². The molecule has 0 saturated carbocycles. The lowest BCUT2D eigenvalue weighted by atomic mass is 9.92. The van der Waals surface area contributed by atoms with Crippen LogP contribution in [0.25, 0.3) is 0 Å². The van der Waals surface area contributed by atoms with Crippen molar-refractivity contribution in [2.75, 3.05) is 19.4 Å². The van der Waals surface area contributed by atoms with E-state index in [1.54, 1.807) is 6.07 Å². The number of amidine groups is 1. The third-order valence-corrected chi connectivity index (χ3v) is 5.25. The summed E-state index contributed by atoms with van der Waals surface area (Å²) in [5, 5.41) is 9.60. The van der Waals surface area contributed by atoms with Gasteiger partial charge in [-0.1, -0.05) is 18.2 Å². The number of aliphatic imine (C=N–C) groups is 1. The number of hydrogen-bond acceptors (Lipinski definition) is 4. The van der Waals surface area contributed by atoms with Gasteiger partial charge in [-0.3, -0.25) is 9.30 Å². The molecule has 1 heterocycles. The highest BCUT2D eigenvalue weighted by Crippen LogP contribution is 2.33. The number of aliphatic hydroxyl groups is 1. The molecule has 0 amide bonds. The van der Waals surface area contributed by atoms with Crippen LogP contribution in [-0.2, 0) is 15.6 Å². The molecule has 104 valence electrons. The quantitative estimate of drug-likeness (QED) is 0.870. The van der Waals surface area contributed by atoms with E-state index in [9.17, 15) is 17.9 Å². The number of nitrogens with zero attached hydrogens (tertiary/aromatic N) is 2. The van der Waals surface area contributed by atoms with Gasteiger partial charge >= 0.3 is 0 Å². The minimum Gasteiger partial charge on any atom is -0.393 e. The summed E-state index contributed by atoms with van der Waals surface area (Å²) in [5.41, 5.74) is -1.38. The Morgan fingerprint density at radius 2 is 2.11 bits per heavy atom. The lowest BCUT2D eigenvalue weighted by Crippen LogP contribution is -2.49. The van der Waals surface area contributed by atoms with E-state index in [1.165, 1.54) is 32.2 Å². The van der Waals surface area contributed by atoms with Crippen LogP contribution in [0.1, 0.15) is 12.5 Å². The van der Waals surface area contributed by atoms with E-state index >= 15 is 0 Å². The summed E-state index contributed by atoms with van der Waals surface area (Å²) in [6, 6.07) is 5.77. The first kappa shape index (κ1) is 14.0. The maximum atomic E-state index is 13.9. The van der Waals surface area contributed by atoms with Gasteiger partial charge in [0.05, 0.1) is 6.61 Å². The van der Waals surface area contributed by atoms with Crippen molar-refractivity contribution < 1.29 is 17.9 Å². The van der Waals surface area contributed by atoms with Gasteiger partial charge in [-0.25, -0.2) is 12.8 Å². The molecule has 1 N–H and O–H groups in total. The second-order valence-electron chi connectivity index (χ2n) is 4.55. The van der Waals surface area contributed by atoms with Crippen molar-refractivity contribution in [3.63, 3.8) is 0 Å². The highest BCUT2D eigenvalue weighted by Gasteiger charge is 2.44. The molecular formula is C12H15FN2O3S. The van der Waals surface area contributed by atoms with Crippen LogP contribution in [0, 0.1) is 5.82 Å². The Bertz CT molecular complexity index is 630. The van der Waals surface area contributed by atoms with E-state index in [0.717, 1.165) is 4.31 Å². The molecule has 0 aromatic heterocycles. The summed E-state index contributed by atoms with van der Waals surface area (Å²) in [6.45, 7) is 0.945. The normalized spacial score (nSPS) is 26.1. The Kier molecular flexibility index (Phi) is 3.36. The molecule has 1 aliphatic rings. The SMILES string of the molecule is CC1=NC(CO)(c2ccccc2F)CS(=O)(=O)N1C. The van der Waals surface area contributed by atoms with E-state index < -0.39 is 33.7 Å². The maximum absolute atomic E-state index is 13.9. The van der Waals surface area contributed by atoms with Crippen LogP contribution in [0.3, 0.4) is 0 Å². The molecule has 5 nitrogen and oxygen atoms in total. The van der Waals surface area contributed by atoms with Crippen molar-refractivity contribution in [3.05, 3.63) is 35.6 Å². The summed E-state index contributed by atoms with van der Waals surface area (Å²) >= 11 is 0. The van der Waals surface area contributed by atoms with Crippen LogP contribution in [0.15, 0.2) is 29.3 Å². The van der Waals surface area contributed by atoms with Gasteiger partial charge in [0.1, 0.15) is 22.9 Å². The summed E-state index contributed by atoms with van der Waals surface area (Å²) in [6.07, 6.45) is 0. The molecule has 1 atom stereocenters. The molecule has 0 aliphatic carbocycles. The number of sulfonamides is 1. The lowest BCUT2D eigenvalue weighted by Gasteiger charge is -2.36. The second-order valence-corrected chi connectivity index (χ2v) is 6.55. The van der Waals surface area contributed by atoms with Gasteiger partial charge in [-0.05, 0) is 13.0 Å². The minimum absolute atomic E-state index is 0.0912. The molecule has 1 aromatic carbocycles. The van der Waals surface area contributed by atoms with Gasteiger partial charge in [0, 0.05) is 12.6 Å². The summed E-state index contributed by atoms with van der Waals surface area (Å²) in [4.78, 5) is 4.21. The van der Waals surface area contributed by atoms with Gasteiger partial charge in [-0.15, -0.1) is 0 Å². The number of aliphatic hydroxyl groups excluding tert-OH is 1. The Labute approximate surface area is 111 Å². The molecule has 0 radical (unpaired) electrons. The molecule has 1 aromatic rings. The molecule has 19 heavy (non-hydrogen) atoms. The summed E-state index contributed by atoms with van der Waals surface area (Å²) < 4.78 is 39.1. The van der Waals surface area contributed by atoms with Crippen LogP contribution < -0.4 is 0 Å². The molecular weight excluding hydrogens is 271 g/mol. The van der Waals surface area contributed by atoms with Crippen LogP contribution in [0.2, 0.25) is 0 Å². The van der Waals surface area contributed by atoms with Crippen molar-refractivity contribution >= 4 is 15.9 Å². The average Bonchev–Trinajstić information content (AvgIpc) is 2.35. The second kappa shape index (κ2) is 4.57. The predicted octanol–water partition coefficient (Wildman–Crippen LogP) is 0.707. The van der Waals surface area contributed by atoms with Gasteiger partial charge < -0.3 is 5.11 Å². The zero-order chi connectivity index (χ0) is 14.3. The minimum atomic E-state index is -3.62. The van der Waals surface area contributed by atoms with Gasteiger partial charge in [-0.2, -0.15) is 0 Å². The number of hydrogen-bond donors (Lipinski definition) is 1. The van der Waals surface area contributed by atoms with Crippen molar-refractivity contribution in [3.8, 4) is 0 Å². The summed E-state index contributed by atoms with van der Waals surface area (Å²) in [5.74, 6) is -0.804. The van der Waals surface area contributed by atoms with Crippen molar-refractivity contribution in [1.29, 1.82) is 0 Å². The lowest BCUT2D eigenvalue weighted by molar-refractivity contribution is 0.205. The molecule has 0 spiro atoms. The Morgan fingerprint density at radius 3 is 2.63 bits per heavy atom. The first-order valence-electron chi connectivity index (χ1n) is 5.71. The van der Waals surface area contributed by atoms with E-state index in [4.69, 9.17) is 0 Å². The maximum Gasteiger partial charge on any atom is 0.238 e. The standard InChI is InChI=1S/C12H15FN2O3S/c1-9-14-12(7-16,8-19(17,18)15(9)2)10-5-3-4-6-11(10)13/h3-6,16H,7-8H2,1-2H3. The van der Waals surface area contributed by atoms with E-state index in [2.05, 4.69) is 4.99 Å². The molecule has 1 aliphatic heterocycles. The third-order valence-electron chi connectivity index (χ3n) is 3.31. The monoisotopic (exact) mass is 286 g/mol. The van der Waals surface area contributed by atoms with Gasteiger partial charge in [0.2, 0.25) is 10.0 Å². The fourth-order valence-electron chi connectivity index (χ4n) is 2.16.